The fraction of sp³-hybridized carbons (Fsp3) is 0.500. The summed E-state index contributed by atoms with van der Waals surface area (Å²) in [7, 11) is 1.86. The first kappa shape index (κ1) is 12.5. The molecule has 10 heteroatoms. The van der Waals surface area contributed by atoms with E-state index in [1.807, 2.05) is 11.6 Å². The van der Waals surface area contributed by atoms with E-state index in [0.29, 0.717) is 18.1 Å². The molecule has 0 aromatic carbocycles. The molecule has 0 unspecified atom stereocenters. The molecule has 0 atom stereocenters. The van der Waals surface area contributed by atoms with Gasteiger partial charge in [-0.25, -0.2) is 4.68 Å². The molecule has 1 N–H and O–H groups in total. The van der Waals surface area contributed by atoms with Crippen LogP contribution in [0, 0.1) is 0 Å². The highest BCUT2D eigenvalue weighted by Gasteiger charge is 2.10. The number of thioether (sulfide) groups is 1. The lowest BCUT2D eigenvalue weighted by molar-refractivity contribution is -0.133. The van der Waals surface area contributed by atoms with Gasteiger partial charge in [-0.3, -0.25) is 4.79 Å². The summed E-state index contributed by atoms with van der Waals surface area (Å²) in [6, 6.07) is 0. The van der Waals surface area contributed by atoms with Gasteiger partial charge in [0.05, 0.1) is 12.3 Å². The zero-order valence-corrected chi connectivity index (χ0v) is 10.4. The molecule has 0 fully saturated rings. The molecule has 0 saturated heterocycles. The van der Waals surface area contributed by atoms with E-state index in [4.69, 9.17) is 5.11 Å². The highest BCUT2D eigenvalue weighted by atomic mass is 32.2. The van der Waals surface area contributed by atoms with Gasteiger partial charge in [-0.1, -0.05) is 11.8 Å². The highest BCUT2D eigenvalue weighted by Crippen LogP contribution is 2.13. The van der Waals surface area contributed by atoms with Crippen LogP contribution in [0.1, 0.15) is 5.82 Å². The number of carboxylic acids is 1. The van der Waals surface area contributed by atoms with Gasteiger partial charge in [0.2, 0.25) is 5.16 Å². The lowest BCUT2D eigenvalue weighted by Gasteiger charge is -2.02. The smallest absolute Gasteiger partial charge is 0.313 e. The number of rotatable bonds is 6. The summed E-state index contributed by atoms with van der Waals surface area (Å²) in [6.45, 7) is 0.529. The zero-order chi connectivity index (χ0) is 13.0. The van der Waals surface area contributed by atoms with Gasteiger partial charge in [0.1, 0.15) is 12.2 Å². The third kappa shape index (κ3) is 3.03. The van der Waals surface area contributed by atoms with Crippen LogP contribution in [0.3, 0.4) is 0 Å². The maximum Gasteiger partial charge on any atom is 0.313 e. The van der Waals surface area contributed by atoms with Crippen molar-refractivity contribution < 1.29 is 9.90 Å². The van der Waals surface area contributed by atoms with Gasteiger partial charge >= 0.3 is 5.97 Å². The summed E-state index contributed by atoms with van der Waals surface area (Å²) in [5, 5.41) is 27.9. The molecule has 0 aliphatic carbocycles. The number of tetrazole rings is 1. The Kier molecular flexibility index (Phi) is 3.87. The van der Waals surface area contributed by atoms with Crippen molar-refractivity contribution in [3.8, 4) is 0 Å². The summed E-state index contributed by atoms with van der Waals surface area (Å²) < 4.78 is 3.37. The Labute approximate surface area is 106 Å². The van der Waals surface area contributed by atoms with E-state index in [2.05, 4.69) is 25.7 Å². The van der Waals surface area contributed by atoms with Gasteiger partial charge < -0.3 is 9.67 Å². The second kappa shape index (κ2) is 5.58. The van der Waals surface area contributed by atoms with E-state index in [-0.39, 0.29) is 5.75 Å². The van der Waals surface area contributed by atoms with Crippen molar-refractivity contribution in [2.75, 3.05) is 5.75 Å². The maximum atomic E-state index is 10.5. The van der Waals surface area contributed by atoms with Crippen molar-refractivity contribution in [1.29, 1.82) is 0 Å². The lowest BCUT2D eigenvalue weighted by Crippen LogP contribution is -2.09. The van der Waals surface area contributed by atoms with Gasteiger partial charge in [-0.2, -0.15) is 0 Å². The minimum atomic E-state index is -0.900. The molecule has 0 spiro atoms. The second-order valence-corrected chi connectivity index (χ2v) is 4.42. The van der Waals surface area contributed by atoms with Crippen LogP contribution in [0.15, 0.2) is 11.5 Å². The van der Waals surface area contributed by atoms with E-state index < -0.39 is 5.97 Å². The molecular weight excluding hydrogens is 258 g/mol. The number of aliphatic carboxylic acids is 1. The van der Waals surface area contributed by atoms with Crippen molar-refractivity contribution in [3.05, 3.63) is 12.2 Å². The first-order valence-electron chi connectivity index (χ1n) is 5.10. The number of carboxylic acid groups (broad SMARTS) is 1. The first-order chi connectivity index (χ1) is 8.66. The van der Waals surface area contributed by atoms with Crippen LogP contribution in [0.25, 0.3) is 0 Å². The normalized spacial score (nSPS) is 10.7. The van der Waals surface area contributed by atoms with Crippen molar-refractivity contribution in [1.82, 2.24) is 35.0 Å². The average Bonchev–Trinajstić information content (AvgIpc) is 2.92. The van der Waals surface area contributed by atoms with Gasteiger partial charge in [-0.15, -0.1) is 15.3 Å². The average molecular weight is 269 g/mol. The topological polar surface area (TPSA) is 112 Å². The standard InChI is InChI=1S/C8H11N7O2S/c1-14-5-9-10-6(14)2-3-15-8(11-12-13-15)18-4-7(16)17/h5H,2-4H2,1H3,(H,16,17). The Morgan fingerprint density at radius 1 is 1.50 bits per heavy atom. The van der Waals surface area contributed by atoms with E-state index in [9.17, 15) is 4.79 Å². The number of aryl methyl sites for hydroxylation is 3. The van der Waals surface area contributed by atoms with Crippen LogP contribution in [0.2, 0.25) is 0 Å². The Morgan fingerprint density at radius 3 is 3.00 bits per heavy atom. The third-order valence-electron chi connectivity index (χ3n) is 2.18. The van der Waals surface area contributed by atoms with Crippen LogP contribution in [0.4, 0.5) is 0 Å². The molecule has 0 saturated carbocycles. The Hall–Kier alpha value is -1.97. The molecule has 2 heterocycles. The molecule has 0 aliphatic rings. The Morgan fingerprint density at radius 2 is 2.33 bits per heavy atom. The van der Waals surface area contributed by atoms with Crippen LogP contribution in [-0.4, -0.2) is 51.8 Å². The van der Waals surface area contributed by atoms with Crippen molar-refractivity contribution in [2.45, 2.75) is 18.1 Å². The molecule has 18 heavy (non-hydrogen) atoms. The van der Waals surface area contributed by atoms with Crippen molar-refractivity contribution >= 4 is 17.7 Å². The monoisotopic (exact) mass is 269 g/mol. The molecular formula is C8H11N7O2S. The summed E-state index contributed by atoms with van der Waals surface area (Å²) in [5.41, 5.74) is 0. The summed E-state index contributed by atoms with van der Waals surface area (Å²) in [5.74, 6) is -0.146. The number of carbonyl (C=O) groups is 1. The highest BCUT2D eigenvalue weighted by molar-refractivity contribution is 7.99. The molecule has 0 aliphatic heterocycles. The predicted molar refractivity (Wildman–Crippen MR) is 60.9 cm³/mol. The van der Waals surface area contributed by atoms with Gasteiger partial charge in [0.15, 0.2) is 0 Å². The molecule has 96 valence electrons. The molecule has 9 nitrogen and oxygen atoms in total. The maximum absolute atomic E-state index is 10.5. The van der Waals surface area contributed by atoms with Gasteiger partial charge in [0.25, 0.3) is 0 Å². The van der Waals surface area contributed by atoms with Gasteiger partial charge in [-0.05, 0) is 10.4 Å². The van der Waals surface area contributed by atoms with E-state index in [0.717, 1.165) is 17.6 Å². The van der Waals surface area contributed by atoms with Crippen LogP contribution >= 0.6 is 11.8 Å². The summed E-state index contributed by atoms with van der Waals surface area (Å²) in [6.07, 6.45) is 2.25. The third-order valence-corrected chi connectivity index (χ3v) is 3.12. The second-order valence-electron chi connectivity index (χ2n) is 3.48. The van der Waals surface area contributed by atoms with E-state index in [1.165, 1.54) is 0 Å². The number of nitrogens with zero attached hydrogens (tertiary/aromatic N) is 7. The van der Waals surface area contributed by atoms with E-state index in [1.54, 1.807) is 11.0 Å². The minimum Gasteiger partial charge on any atom is -0.481 e. The predicted octanol–water partition coefficient (Wildman–Crippen LogP) is -0.779. The largest absolute Gasteiger partial charge is 0.481 e. The first-order valence-corrected chi connectivity index (χ1v) is 6.09. The lowest BCUT2D eigenvalue weighted by atomic mass is 10.4. The molecule has 2 aromatic rings. The van der Waals surface area contributed by atoms with Crippen molar-refractivity contribution in [2.24, 2.45) is 7.05 Å². The number of aromatic nitrogens is 7. The molecule has 0 radical (unpaired) electrons. The summed E-state index contributed by atoms with van der Waals surface area (Å²) in [4.78, 5) is 10.5. The quantitative estimate of drug-likeness (QED) is 0.680. The minimum absolute atomic E-state index is 0.0651. The fourth-order valence-corrected chi connectivity index (χ4v) is 1.93. The number of hydrogen-bond acceptors (Lipinski definition) is 7. The molecule has 2 rings (SSSR count). The van der Waals surface area contributed by atoms with Crippen LogP contribution < -0.4 is 0 Å². The molecule has 0 bridgehead atoms. The van der Waals surface area contributed by atoms with Crippen LogP contribution in [0.5, 0.6) is 0 Å². The summed E-state index contributed by atoms with van der Waals surface area (Å²) >= 11 is 1.09. The zero-order valence-electron chi connectivity index (χ0n) is 9.59. The Balaban J connectivity index is 1.95. The number of hydrogen-bond donors (Lipinski definition) is 1. The SMILES string of the molecule is Cn1cnnc1CCn1nnnc1SCC(=O)O. The van der Waals surface area contributed by atoms with Crippen LogP contribution in [-0.2, 0) is 24.8 Å². The fourth-order valence-electron chi connectivity index (χ4n) is 1.31. The van der Waals surface area contributed by atoms with Crippen molar-refractivity contribution in [3.63, 3.8) is 0 Å². The molecule has 2 aromatic heterocycles. The van der Waals surface area contributed by atoms with Gasteiger partial charge in [0, 0.05) is 13.5 Å². The molecule has 0 amide bonds. The van der Waals surface area contributed by atoms with E-state index >= 15 is 0 Å². The Bertz CT molecular complexity index is 537.